The largest absolute Gasteiger partial charge is 0.481 e. The molecule has 0 spiro atoms. The average molecular weight is 338 g/mol. The van der Waals surface area contributed by atoms with E-state index in [1.807, 2.05) is 18.2 Å². The van der Waals surface area contributed by atoms with Gasteiger partial charge in [0.15, 0.2) is 0 Å². The lowest BCUT2D eigenvalue weighted by atomic mass is 9.81. The maximum absolute atomic E-state index is 12.4. The molecule has 0 amide bonds. The number of hydrogen-bond acceptors (Lipinski definition) is 3. The zero-order valence-electron chi connectivity index (χ0n) is 12.9. The molecule has 1 saturated carbocycles. The zero-order valence-corrected chi connectivity index (χ0v) is 13.7. The standard InChI is InChI=1S/C16H22N2O4S/c19-16(20)14-10-15(11-14)17-23(21,22)18-8-6-13(7-9-18)12-4-2-1-3-5-12/h1-5,13-15,17H,6-11H2,(H,19,20). The molecule has 1 saturated heterocycles. The number of piperidine rings is 1. The van der Waals surface area contributed by atoms with Crippen molar-refractivity contribution >= 4 is 16.2 Å². The lowest BCUT2D eigenvalue weighted by Gasteiger charge is -2.36. The van der Waals surface area contributed by atoms with E-state index in [1.54, 1.807) is 0 Å². The van der Waals surface area contributed by atoms with Gasteiger partial charge in [-0.25, -0.2) is 0 Å². The third kappa shape index (κ3) is 3.73. The highest BCUT2D eigenvalue weighted by Gasteiger charge is 2.38. The van der Waals surface area contributed by atoms with E-state index in [-0.39, 0.29) is 6.04 Å². The molecule has 0 radical (unpaired) electrons. The van der Waals surface area contributed by atoms with Crippen LogP contribution in [0.1, 0.15) is 37.2 Å². The van der Waals surface area contributed by atoms with Gasteiger partial charge in [0.2, 0.25) is 0 Å². The number of rotatable bonds is 5. The van der Waals surface area contributed by atoms with Crippen molar-refractivity contribution in [3.8, 4) is 0 Å². The summed E-state index contributed by atoms with van der Waals surface area (Å²) in [7, 11) is -3.51. The second-order valence-corrected chi connectivity index (χ2v) is 8.11. The first-order chi connectivity index (χ1) is 11.0. The fourth-order valence-corrected chi connectivity index (χ4v) is 4.81. The Morgan fingerprint density at radius 3 is 2.30 bits per heavy atom. The molecule has 1 aromatic rings. The van der Waals surface area contributed by atoms with Crippen molar-refractivity contribution in [3.05, 3.63) is 35.9 Å². The minimum absolute atomic E-state index is 0.243. The summed E-state index contributed by atoms with van der Waals surface area (Å²) in [4.78, 5) is 10.8. The number of nitrogens with zero attached hydrogens (tertiary/aromatic N) is 1. The normalized spacial score (nSPS) is 26.6. The molecule has 2 aliphatic rings. The fraction of sp³-hybridized carbons (Fsp3) is 0.562. The number of carboxylic acid groups (broad SMARTS) is 1. The second kappa shape index (κ2) is 6.59. The second-order valence-electron chi connectivity index (χ2n) is 6.41. The average Bonchev–Trinajstić information content (AvgIpc) is 2.51. The number of aliphatic carboxylic acids is 1. The van der Waals surface area contributed by atoms with Gasteiger partial charge in [-0.2, -0.15) is 17.4 Å². The first-order valence-electron chi connectivity index (χ1n) is 8.01. The Labute approximate surface area is 136 Å². The van der Waals surface area contributed by atoms with Gasteiger partial charge in [-0.3, -0.25) is 4.79 Å². The summed E-state index contributed by atoms with van der Waals surface area (Å²) in [5.41, 5.74) is 1.26. The van der Waals surface area contributed by atoms with Crippen LogP contribution >= 0.6 is 0 Å². The number of hydrogen-bond donors (Lipinski definition) is 2. The molecule has 1 aromatic carbocycles. The Balaban J connectivity index is 1.52. The number of carboxylic acids is 1. The molecule has 0 aromatic heterocycles. The highest BCUT2D eigenvalue weighted by molar-refractivity contribution is 7.87. The minimum Gasteiger partial charge on any atom is -0.481 e. The van der Waals surface area contributed by atoms with Gasteiger partial charge < -0.3 is 5.11 Å². The van der Waals surface area contributed by atoms with Crippen LogP contribution in [0.5, 0.6) is 0 Å². The fourth-order valence-electron chi connectivity index (χ4n) is 3.36. The Morgan fingerprint density at radius 2 is 1.74 bits per heavy atom. The molecule has 126 valence electrons. The summed E-state index contributed by atoms with van der Waals surface area (Å²) in [6.45, 7) is 1.01. The molecule has 7 heteroatoms. The Bertz CT molecular complexity index is 648. The van der Waals surface area contributed by atoms with E-state index in [0.29, 0.717) is 31.8 Å². The summed E-state index contributed by atoms with van der Waals surface area (Å²) in [6.07, 6.45) is 2.39. The minimum atomic E-state index is -3.51. The van der Waals surface area contributed by atoms with Gasteiger partial charge in [0, 0.05) is 19.1 Å². The summed E-state index contributed by atoms with van der Waals surface area (Å²) >= 11 is 0. The van der Waals surface area contributed by atoms with Crippen molar-refractivity contribution in [2.24, 2.45) is 5.92 Å². The SMILES string of the molecule is O=C(O)C1CC(NS(=O)(=O)N2CCC(c3ccccc3)CC2)C1. The van der Waals surface area contributed by atoms with Crippen molar-refractivity contribution in [2.45, 2.75) is 37.6 Å². The van der Waals surface area contributed by atoms with E-state index in [4.69, 9.17) is 5.11 Å². The van der Waals surface area contributed by atoms with Crippen LogP contribution in [-0.4, -0.2) is 42.9 Å². The molecule has 6 nitrogen and oxygen atoms in total. The van der Waals surface area contributed by atoms with Gasteiger partial charge in [-0.05, 0) is 37.2 Å². The smallest absolute Gasteiger partial charge is 0.306 e. The Kier molecular flexibility index (Phi) is 4.70. The van der Waals surface area contributed by atoms with Gasteiger partial charge in [0.25, 0.3) is 10.2 Å². The van der Waals surface area contributed by atoms with E-state index >= 15 is 0 Å². The van der Waals surface area contributed by atoms with Crippen LogP contribution in [0.4, 0.5) is 0 Å². The monoisotopic (exact) mass is 338 g/mol. The summed E-state index contributed by atoms with van der Waals surface area (Å²) in [5.74, 6) is -0.849. The summed E-state index contributed by atoms with van der Waals surface area (Å²) < 4.78 is 28.9. The van der Waals surface area contributed by atoms with Crippen molar-refractivity contribution in [3.63, 3.8) is 0 Å². The van der Waals surface area contributed by atoms with E-state index < -0.39 is 22.1 Å². The summed E-state index contributed by atoms with van der Waals surface area (Å²) in [5, 5.41) is 8.85. The summed E-state index contributed by atoms with van der Waals surface area (Å²) in [6, 6.07) is 9.94. The van der Waals surface area contributed by atoms with Crippen LogP contribution in [0.3, 0.4) is 0 Å². The van der Waals surface area contributed by atoms with Crippen LogP contribution < -0.4 is 4.72 Å². The predicted octanol–water partition coefficient (Wildman–Crippen LogP) is 1.56. The number of carbonyl (C=O) groups is 1. The van der Waals surface area contributed by atoms with Crippen LogP contribution in [0.25, 0.3) is 0 Å². The Morgan fingerprint density at radius 1 is 1.13 bits per heavy atom. The molecule has 2 fully saturated rings. The highest BCUT2D eigenvalue weighted by Crippen LogP contribution is 2.31. The Hall–Kier alpha value is -1.44. The molecule has 23 heavy (non-hydrogen) atoms. The van der Waals surface area contributed by atoms with Crippen molar-refractivity contribution < 1.29 is 18.3 Å². The molecular weight excluding hydrogens is 316 g/mol. The highest BCUT2D eigenvalue weighted by atomic mass is 32.2. The van der Waals surface area contributed by atoms with Crippen molar-refractivity contribution in [1.29, 1.82) is 0 Å². The van der Waals surface area contributed by atoms with Crippen molar-refractivity contribution in [1.82, 2.24) is 9.03 Å². The van der Waals surface area contributed by atoms with E-state index in [0.717, 1.165) is 12.8 Å². The van der Waals surface area contributed by atoms with Crippen molar-refractivity contribution in [2.75, 3.05) is 13.1 Å². The molecular formula is C16H22N2O4S. The molecule has 1 aliphatic carbocycles. The first kappa shape index (κ1) is 16.4. The third-order valence-corrected chi connectivity index (χ3v) is 6.54. The van der Waals surface area contributed by atoms with Gasteiger partial charge in [0.1, 0.15) is 0 Å². The zero-order chi connectivity index (χ0) is 16.4. The molecule has 0 bridgehead atoms. The predicted molar refractivity (Wildman–Crippen MR) is 86.2 cm³/mol. The van der Waals surface area contributed by atoms with E-state index in [9.17, 15) is 13.2 Å². The molecule has 0 unspecified atom stereocenters. The van der Waals surface area contributed by atoms with Gasteiger partial charge in [-0.1, -0.05) is 30.3 Å². The van der Waals surface area contributed by atoms with Gasteiger partial charge in [0.05, 0.1) is 5.92 Å². The van der Waals surface area contributed by atoms with E-state index in [2.05, 4.69) is 16.9 Å². The topological polar surface area (TPSA) is 86.7 Å². The van der Waals surface area contributed by atoms with Gasteiger partial charge >= 0.3 is 5.97 Å². The number of benzene rings is 1. The number of nitrogens with one attached hydrogen (secondary N) is 1. The molecule has 1 heterocycles. The van der Waals surface area contributed by atoms with Crippen LogP contribution in [-0.2, 0) is 15.0 Å². The van der Waals surface area contributed by atoms with E-state index in [1.165, 1.54) is 9.87 Å². The first-order valence-corrected chi connectivity index (χ1v) is 9.45. The maximum Gasteiger partial charge on any atom is 0.306 e. The molecule has 3 rings (SSSR count). The molecule has 0 atom stereocenters. The molecule has 2 N–H and O–H groups in total. The van der Waals surface area contributed by atoms with Crippen LogP contribution in [0.15, 0.2) is 30.3 Å². The quantitative estimate of drug-likeness (QED) is 0.853. The van der Waals surface area contributed by atoms with Gasteiger partial charge in [-0.15, -0.1) is 0 Å². The lowest BCUT2D eigenvalue weighted by molar-refractivity contribution is -0.145. The third-order valence-electron chi connectivity index (χ3n) is 4.87. The van der Waals surface area contributed by atoms with Crippen LogP contribution in [0, 0.1) is 5.92 Å². The lowest BCUT2D eigenvalue weighted by Crippen LogP contribution is -2.52. The maximum atomic E-state index is 12.4. The van der Waals surface area contributed by atoms with Crippen LogP contribution in [0.2, 0.25) is 0 Å². The molecule has 1 aliphatic heterocycles.